The van der Waals surface area contributed by atoms with Crippen molar-refractivity contribution in [2.45, 2.75) is 12.2 Å². The first-order valence-corrected chi connectivity index (χ1v) is 9.80. The molecule has 8 N–H and O–H groups in total. The Labute approximate surface area is 170 Å². The van der Waals surface area contributed by atoms with Crippen molar-refractivity contribution in [1.82, 2.24) is 10.6 Å². The number of benzene rings is 2. The molecule has 164 valence electrons. The summed E-state index contributed by atoms with van der Waals surface area (Å²) in [5, 5.41) is 42.6. The van der Waals surface area contributed by atoms with Gasteiger partial charge in [0.05, 0.1) is 12.2 Å². The van der Waals surface area contributed by atoms with E-state index in [-0.39, 0.29) is 11.5 Å². The highest BCUT2D eigenvalue weighted by molar-refractivity contribution is 7.79. The van der Waals surface area contributed by atoms with Crippen molar-refractivity contribution in [3.8, 4) is 11.5 Å². The van der Waals surface area contributed by atoms with E-state index < -0.39 is 22.6 Å². The molecule has 0 heterocycles. The van der Waals surface area contributed by atoms with Gasteiger partial charge in [0, 0.05) is 13.1 Å². The van der Waals surface area contributed by atoms with Crippen LogP contribution in [0, 0.1) is 0 Å². The summed E-state index contributed by atoms with van der Waals surface area (Å²) in [6.07, 6.45) is -1.01. The maximum atomic E-state index is 9.47. The van der Waals surface area contributed by atoms with Crippen LogP contribution < -0.4 is 10.6 Å². The highest BCUT2D eigenvalue weighted by Crippen LogP contribution is 2.16. The molecule has 0 fully saturated rings. The lowest BCUT2D eigenvalue weighted by atomic mass is 10.1. The van der Waals surface area contributed by atoms with E-state index in [1.807, 2.05) is 0 Å². The number of aromatic hydroxyl groups is 2. The van der Waals surface area contributed by atoms with Gasteiger partial charge in [0.25, 0.3) is 0 Å². The molecule has 0 aromatic heterocycles. The Morgan fingerprint density at radius 1 is 0.724 bits per heavy atom. The topological polar surface area (TPSA) is 180 Å². The molecule has 2 aromatic carbocycles. The van der Waals surface area contributed by atoms with Crippen LogP contribution in [0.5, 0.6) is 11.5 Å². The van der Waals surface area contributed by atoms with Crippen molar-refractivity contribution in [2.75, 3.05) is 27.2 Å². The molecular weight excluding hydrogens is 404 g/mol. The maximum Gasteiger partial charge on any atom is 0.394 e. The van der Waals surface area contributed by atoms with Crippen LogP contribution >= 0.6 is 0 Å². The molecule has 0 aliphatic rings. The molecule has 0 radical (unpaired) electrons. The highest BCUT2D eigenvalue weighted by atomic mass is 32.3. The van der Waals surface area contributed by atoms with E-state index in [0.29, 0.717) is 13.1 Å². The Balaban J connectivity index is 0.000000442. The van der Waals surface area contributed by atoms with Gasteiger partial charge in [-0.3, -0.25) is 9.11 Å². The lowest BCUT2D eigenvalue weighted by Gasteiger charge is -2.09. The zero-order valence-corrected chi connectivity index (χ0v) is 16.9. The SMILES string of the molecule is CNCC(O)c1ccc(O)cc1.CNCC(O)c1ccc(O)cc1.O=S(=O)(O)O. The average molecular weight is 432 g/mol. The molecule has 0 saturated heterocycles. The number of rotatable bonds is 6. The van der Waals surface area contributed by atoms with Crippen LogP contribution in [0.2, 0.25) is 0 Å². The molecular formula is C18H28N2O8S. The zero-order chi connectivity index (χ0) is 22.4. The van der Waals surface area contributed by atoms with Crippen molar-refractivity contribution in [3.63, 3.8) is 0 Å². The number of likely N-dealkylation sites (N-methyl/N-ethyl adjacent to an activating group) is 2. The standard InChI is InChI=1S/2C9H13NO2.H2O4S/c2*1-10-6-9(12)7-2-4-8(11)5-3-7;1-5(2,3)4/h2*2-5,9-12H,6H2,1H3;(H2,1,2,3,4). The molecule has 0 aliphatic heterocycles. The molecule has 0 amide bonds. The third-order valence-electron chi connectivity index (χ3n) is 3.35. The largest absolute Gasteiger partial charge is 0.508 e. The van der Waals surface area contributed by atoms with Gasteiger partial charge < -0.3 is 31.1 Å². The van der Waals surface area contributed by atoms with E-state index in [4.69, 9.17) is 27.7 Å². The minimum absolute atomic E-state index is 0.218. The number of hydrogen-bond donors (Lipinski definition) is 8. The smallest absolute Gasteiger partial charge is 0.394 e. The van der Waals surface area contributed by atoms with Gasteiger partial charge in [-0.15, -0.1) is 0 Å². The summed E-state index contributed by atoms with van der Waals surface area (Å²) >= 11 is 0. The summed E-state index contributed by atoms with van der Waals surface area (Å²) in [7, 11) is -1.10. The van der Waals surface area contributed by atoms with Crippen molar-refractivity contribution >= 4 is 10.4 Å². The highest BCUT2D eigenvalue weighted by Gasteiger charge is 2.05. The molecule has 0 saturated carbocycles. The molecule has 29 heavy (non-hydrogen) atoms. The van der Waals surface area contributed by atoms with Gasteiger partial charge in [0.2, 0.25) is 0 Å². The van der Waals surface area contributed by atoms with E-state index in [9.17, 15) is 10.2 Å². The van der Waals surface area contributed by atoms with E-state index in [1.165, 1.54) is 0 Å². The Morgan fingerprint density at radius 3 is 1.17 bits per heavy atom. The second-order valence-corrected chi connectivity index (χ2v) is 6.67. The molecule has 11 heteroatoms. The quantitative estimate of drug-likeness (QED) is 0.302. The fourth-order valence-corrected chi connectivity index (χ4v) is 2.02. The lowest BCUT2D eigenvalue weighted by Crippen LogP contribution is -2.16. The normalized spacial score (nSPS) is 12.6. The number of phenolic OH excluding ortho intramolecular Hbond substituents is 2. The number of hydrogen-bond acceptors (Lipinski definition) is 8. The summed E-state index contributed by atoms with van der Waals surface area (Å²) in [6, 6.07) is 13.1. The molecule has 2 aromatic rings. The van der Waals surface area contributed by atoms with E-state index in [2.05, 4.69) is 10.6 Å². The van der Waals surface area contributed by atoms with Gasteiger partial charge in [-0.05, 0) is 49.5 Å². The minimum atomic E-state index is -4.67. The van der Waals surface area contributed by atoms with Crippen LogP contribution in [-0.2, 0) is 10.4 Å². The predicted molar refractivity (Wildman–Crippen MR) is 108 cm³/mol. The number of aliphatic hydroxyl groups excluding tert-OH is 2. The van der Waals surface area contributed by atoms with Crippen LogP contribution in [-0.4, -0.2) is 65.1 Å². The van der Waals surface area contributed by atoms with E-state index in [0.717, 1.165) is 11.1 Å². The van der Waals surface area contributed by atoms with Crippen molar-refractivity contribution in [3.05, 3.63) is 59.7 Å². The van der Waals surface area contributed by atoms with Crippen molar-refractivity contribution < 1.29 is 37.9 Å². The van der Waals surface area contributed by atoms with Crippen molar-refractivity contribution in [1.29, 1.82) is 0 Å². The first kappa shape index (κ1) is 26.8. The molecule has 10 nitrogen and oxygen atoms in total. The minimum Gasteiger partial charge on any atom is -0.508 e. The van der Waals surface area contributed by atoms with Crippen LogP contribution in [0.15, 0.2) is 48.5 Å². The van der Waals surface area contributed by atoms with E-state index in [1.54, 1.807) is 62.6 Å². The predicted octanol–water partition coefficient (Wildman–Crippen LogP) is 0.637. The third-order valence-corrected chi connectivity index (χ3v) is 3.35. The van der Waals surface area contributed by atoms with Gasteiger partial charge in [-0.2, -0.15) is 8.42 Å². The molecule has 0 bridgehead atoms. The molecule has 0 aliphatic carbocycles. The zero-order valence-electron chi connectivity index (χ0n) is 16.1. The summed E-state index contributed by atoms with van der Waals surface area (Å²) in [5.41, 5.74) is 1.62. The monoisotopic (exact) mass is 432 g/mol. The third kappa shape index (κ3) is 14.4. The second kappa shape index (κ2) is 13.8. The van der Waals surface area contributed by atoms with Crippen LogP contribution in [0.4, 0.5) is 0 Å². The number of nitrogens with one attached hydrogen (secondary N) is 2. The summed E-state index contributed by atoms with van der Waals surface area (Å²) in [6.45, 7) is 1.04. The Kier molecular flexibility index (Phi) is 12.8. The van der Waals surface area contributed by atoms with Gasteiger partial charge in [-0.25, -0.2) is 0 Å². The van der Waals surface area contributed by atoms with Crippen molar-refractivity contribution in [2.24, 2.45) is 0 Å². The summed E-state index contributed by atoms with van der Waals surface area (Å²) in [4.78, 5) is 0. The maximum absolute atomic E-state index is 9.47. The van der Waals surface area contributed by atoms with Crippen LogP contribution in [0.1, 0.15) is 23.3 Å². The summed E-state index contributed by atoms with van der Waals surface area (Å²) in [5.74, 6) is 0.436. The lowest BCUT2D eigenvalue weighted by molar-refractivity contribution is 0.177. The van der Waals surface area contributed by atoms with Gasteiger partial charge in [0.1, 0.15) is 11.5 Å². The fraction of sp³-hybridized carbons (Fsp3) is 0.333. The molecule has 2 rings (SSSR count). The average Bonchev–Trinajstić information content (AvgIpc) is 2.62. The summed E-state index contributed by atoms with van der Waals surface area (Å²) < 4.78 is 31.6. The van der Waals surface area contributed by atoms with Gasteiger partial charge in [0.15, 0.2) is 0 Å². The Morgan fingerprint density at radius 2 is 0.966 bits per heavy atom. The van der Waals surface area contributed by atoms with Gasteiger partial charge in [-0.1, -0.05) is 24.3 Å². The first-order chi connectivity index (χ1) is 13.5. The fourth-order valence-electron chi connectivity index (χ4n) is 2.02. The second-order valence-electron chi connectivity index (χ2n) is 5.78. The van der Waals surface area contributed by atoms with Gasteiger partial charge >= 0.3 is 10.4 Å². The van der Waals surface area contributed by atoms with Crippen LogP contribution in [0.25, 0.3) is 0 Å². The molecule has 2 unspecified atom stereocenters. The number of aliphatic hydroxyl groups is 2. The first-order valence-electron chi connectivity index (χ1n) is 8.41. The Bertz CT molecular complexity index is 721. The Hall–Kier alpha value is -2.25. The number of phenols is 2. The molecule has 0 spiro atoms. The molecule has 2 atom stereocenters. The van der Waals surface area contributed by atoms with Crippen LogP contribution in [0.3, 0.4) is 0 Å². The van der Waals surface area contributed by atoms with E-state index >= 15 is 0 Å².